The molecule has 1 aromatic heterocycles. The lowest BCUT2D eigenvalue weighted by molar-refractivity contribution is -0.141. The Morgan fingerprint density at radius 1 is 1.55 bits per heavy atom. The molecule has 0 spiro atoms. The van der Waals surface area contributed by atoms with Gasteiger partial charge in [-0.2, -0.15) is 18.3 Å². The summed E-state index contributed by atoms with van der Waals surface area (Å²) >= 11 is 5.45. The number of amides is 2. The predicted octanol–water partition coefficient (Wildman–Crippen LogP) is 1.32. The van der Waals surface area contributed by atoms with E-state index in [0.717, 1.165) is 21.9 Å². The lowest BCUT2D eigenvalue weighted by atomic mass is 10.4. The van der Waals surface area contributed by atoms with Crippen LogP contribution < -0.4 is 5.32 Å². The number of halogens is 4. The SMILES string of the molecule is C=CC(=O)N(C)CC(=O)NCCn1cc(Cl)c(C(F)(F)F)n1. The minimum atomic E-state index is -4.63. The van der Waals surface area contributed by atoms with Crippen molar-refractivity contribution in [2.24, 2.45) is 0 Å². The fourth-order valence-corrected chi connectivity index (χ4v) is 1.78. The molecule has 0 bridgehead atoms. The van der Waals surface area contributed by atoms with Gasteiger partial charge in [-0.05, 0) is 6.08 Å². The van der Waals surface area contributed by atoms with E-state index in [-0.39, 0.29) is 19.6 Å². The van der Waals surface area contributed by atoms with Crippen LogP contribution in [0.2, 0.25) is 5.02 Å². The highest BCUT2D eigenvalue weighted by Crippen LogP contribution is 2.32. The van der Waals surface area contributed by atoms with Crippen LogP contribution in [0, 0.1) is 0 Å². The molecule has 1 rings (SSSR count). The van der Waals surface area contributed by atoms with Gasteiger partial charge in [-0.25, -0.2) is 0 Å². The summed E-state index contributed by atoms with van der Waals surface area (Å²) in [5.74, 6) is -0.865. The van der Waals surface area contributed by atoms with E-state index in [1.54, 1.807) is 0 Å². The van der Waals surface area contributed by atoms with Gasteiger partial charge in [0.25, 0.3) is 0 Å². The summed E-state index contributed by atoms with van der Waals surface area (Å²) in [7, 11) is 1.42. The Kier molecular flexibility index (Phi) is 5.98. The number of carbonyl (C=O) groups excluding carboxylic acids is 2. The summed E-state index contributed by atoms with van der Waals surface area (Å²) in [6.07, 6.45) is -2.53. The quantitative estimate of drug-likeness (QED) is 0.795. The van der Waals surface area contributed by atoms with Crippen LogP contribution in [-0.2, 0) is 22.3 Å². The molecular weight excluding hydrogens is 325 g/mol. The molecule has 10 heteroatoms. The fourth-order valence-electron chi connectivity index (χ4n) is 1.52. The smallest absolute Gasteiger partial charge is 0.353 e. The van der Waals surface area contributed by atoms with E-state index in [4.69, 9.17) is 11.6 Å². The van der Waals surface area contributed by atoms with Gasteiger partial charge in [0.05, 0.1) is 18.1 Å². The van der Waals surface area contributed by atoms with Gasteiger partial charge in [-0.1, -0.05) is 18.2 Å². The summed E-state index contributed by atoms with van der Waals surface area (Å²) in [6, 6.07) is 0. The number of hydrogen-bond donors (Lipinski definition) is 1. The van der Waals surface area contributed by atoms with Crippen LogP contribution in [0.3, 0.4) is 0 Å². The minimum absolute atomic E-state index is 0.0145. The molecule has 0 saturated carbocycles. The second-order valence-electron chi connectivity index (χ2n) is 4.33. The molecule has 1 N–H and O–H groups in total. The number of aromatic nitrogens is 2. The zero-order valence-electron chi connectivity index (χ0n) is 11.7. The van der Waals surface area contributed by atoms with Gasteiger partial charge < -0.3 is 10.2 Å². The van der Waals surface area contributed by atoms with Crippen LogP contribution in [0.1, 0.15) is 5.69 Å². The van der Waals surface area contributed by atoms with Crippen LogP contribution in [-0.4, -0.2) is 46.6 Å². The molecule has 22 heavy (non-hydrogen) atoms. The van der Waals surface area contributed by atoms with Crippen LogP contribution in [0.25, 0.3) is 0 Å². The summed E-state index contributed by atoms with van der Waals surface area (Å²) in [5.41, 5.74) is -1.17. The van der Waals surface area contributed by atoms with Crippen LogP contribution in [0.4, 0.5) is 13.2 Å². The van der Waals surface area contributed by atoms with Crippen molar-refractivity contribution in [3.8, 4) is 0 Å². The van der Waals surface area contributed by atoms with Crippen molar-refractivity contribution >= 4 is 23.4 Å². The first-order valence-corrected chi connectivity index (χ1v) is 6.47. The Bertz CT molecular complexity index is 571. The fraction of sp³-hybridized carbons (Fsp3) is 0.417. The van der Waals surface area contributed by atoms with E-state index in [1.165, 1.54) is 7.05 Å². The maximum atomic E-state index is 12.5. The molecule has 0 radical (unpaired) electrons. The number of carbonyl (C=O) groups is 2. The molecule has 0 fully saturated rings. The van der Waals surface area contributed by atoms with Crippen molar-refractivity contribution in [3.63, 3.8) is 0 Å². The largest absolute Gasteiger partial charge is 0.436 e. The Balaban J connectivity index is 2.46. The molecule has 0 aromatic carbocycles. The van der Waals surface area contributed by atoms with E-state index in [1.807, 2.05) is 0 Å². The van der Waals surface area contributed by atoms with E-state index in [2.05, 4.69) is 17.0 Å². The molecule has 0 aliphatic heterocycles. The normalized spacial score (nSPS) is 11.1. The third-order valence-corrected chi connectivity index (χ3v) is 2.86. The highest BCUT2D eigenvalue weighted by molar-refractivity contribution is 6.31. The zero-order valence-corrected chi connectivity index (χ0v) is 12.4. The summed E-state index contributed by atoms with van der Waals surface area (Å²) in [6.45, 7) is 3.16. The molecule has 0 atom stereocenters. The summed E-state index contributed by atoms with van der Waals surface area (Å²) in [4.78, 5) is 23.8. The predicted molar refractivity (Wildman–Crippen MR) is 73.1 cm³/mol. The maximum absolute atomic E-state index is 12.5. The number of alkyl halides is 3. The van der Waals surface area contributed by atoms with Gasteiger partial charge in [0.1, 0.15) is 0 Å². The van der Waals surface area contributed by atoms with Crippen LogP contribution >= 0.6 is 11.6 Å². The van der Waals surface area contributed by atoms with Crippen LogP contribution in [0.5, 0.6) is 0 Å². The van der Waals surface area contributed by atoms with Crippen molar-refractivity contribution in [1.82, 2.24) is 20.0 Å². The monoisotopic (exact) mass is 338 g/mol. The first kappa shape index (κ1) is 18.0. The zero-order chi connectivity index (χ0) is 16.9. The highest BCUT2D eigenvalue weighted by Gasteiger charge is 2.36. The number of nitrogens with zero attached hydrogens (tertiary/aromatic N) is 3. The second-order valence-corrected chi connectivity index (χ2v) is 4.74. The van der Waals surface area contributed by atoms with Gasteiger partial charge in [0.2, 0.25) is 11.8 Å². The molecule has 122 valence electrons. The maximum Gasteiger partial charge on any atom is 0.436 e. The number of hydrogen-bond acceptors (Lipinski definition) is 3. The molecule has 0 aliphatic rings. The number of rotatable bonds is 6. The van der Waals surface area contributed by atoms with Gasteiger partial charge in [-0.15, -0.1) is 0 Å². The van der Waals surface area contributed by atoms with E-state index in [0.29, 0.717) is 0 Å². The molecule has 1 heterocycles. The van der Waals surface area contributed by atoms with Crippen LogP contribution in [0.15, 0.2) is 18.9 Å². The summed E-state index contributed by atoms with van der Waals surface area (Å²) in [5, 5.41) is 5.26. The van der Waals surface area contributed by atoms with E-state index in [9.17, 15) is 22.8 Å². The molecule has 1 aromatic rings. The standard InChI is InChI=1S/C12H14ClF3N4O2/c1-3-10(22)19(2)7-9(21)17-4-5-20-6-8(13)11(18-20)12(14,15)16/h3,6H,1,4-5,7H2,2H3,(H,17,21). The molecule has 0 aliphatic carbocycles. The van der Waals surface area contributed by atoms with Crippen molar-refractivity contribution in [1.29, 1.82) is 0 Å². The minimum Gasteiger partial charge on any atom is -0.353 e. The second kappa shape index (κ2) is 7.30. The topological polar surface area (TPSA) is 67.2 Å². The van der Waals surface area contributed by atoms with E-state index < -0.39 is 28.7 Å². The lowest BCUT2D eigenvalue weighted by Gasteiger charge is -2.14. The third kappa shape index (κ3) is 5.06. The average molecular weight is 339 g/mol. The van der Waals surface area contributed by atoms with Gasteiger partial charge in [0, 0.05) is 19.8 Å². The van der Waals surface area contributed by atoms with Crippen molar-refractivity contribution in [3.05, 3.63) is 29.6 Å². The lowest BCUT2D eigenvalue weighted by Crippen LogP contribution is -2.38. The first-order chi connectivity index (χ1) is 10.1. The molecule has 0 unspecified atom stereocenters. The van der Waals surface area contributed by atoms with Crippen molar-refractivity contribution < 1.29 is 22.8 Å². The van der Waals surface area contributed by atoms with Gasteiger partial charge in [0.15, 0.2) is 5.69 Å². The Morgan fingerprint density at radius 3 is 2.68 bits per heavy atom. The summed E-state index contributed by atoms with van der Waals surface area (Å²) < 4.78 is 38.5. The highest BCUT2D eigenvalue weighted by atomic mass is 35.5. The molecule has 0 saturated heterocycles. The third-order valence-electron chi connectivity index (χ3n) is 2.58. The van der Waals surface area contributed by atoms with Crippen molar-refractivity contribution in [2.75, 3.05) is 20.1 Å². The molecule has 2 amide bonds. The first-order valence-electron chi connectivity index (χ1n) is 6.09. The number of nitrogens with one attached hydrogen (secondary N) is 1. The van der Waals surface area contributed by atoms with Gasteiger partial charge in [-0.3, -0.25) is 14.3 Å². The average Bonchev–Trinajstić information content (AvgIpc) is 2.78. The Morgan fingerprint density at radius 2 is 2.18 bits per heavy atom. The van der Waals surface area contributed by atoms with Crippen molar-refractivity contribution in [2.45, 2.75) is 12.7 Å². The Labute approximate surface area is 129 Å². The van der Waals surface area contributed by atoms with E-state index >= 15 is 0 Å². The molecular formula is C12H14ClF3N4O2. The Hall–Kier alpha value is -2.03. The molecule has 6 nitrogen and oxygen atoms in total. The van der Waals surface area contributed by atoms with Gasteiger partial charge >= 0.3 is 6.18 Å². The number of likely N-dealkylation sites (N-methyl/N-ethyl adjacent to an activating group) is 1.